The second kappa shape index (κ2) is 8.21. The largest absolute Gasteiger partial charge is 0.477 e. The fraction of sp³-hybridized carbons (Fsp3) is 0.538. The highest BCUT2D eigenvalue weighted by atomic mass is 16.5. The number of carboxylic acid groups (broad SMARTS) is 1. The molecule has 4 N–H and O–H groups in total. The minimum absolute atomic E-state index is 0.0307. The number of rotatable bonds is 8. The minimum Gasteiger partial charge on any atom is -0.477 e. The van der Waals surface area contributed by atoms with Crippen LogP contribution in [-0.2, 0) is 4.74 Å². The van der Waals surface area contributed by atoms with Crippen LogP contribution in [0, 0.1) is 6.92 Å². The van der Waals surface area contributed by atoms with Crippen molar-refractivity contribution in [3.05, 3.63) is 17.5 Å². The Bertz CT molecular complexity index is 456. The molecule has 2 amide bonds. The molecule has 112 valence electrons. The number of carbonyl (C=O) groups excluding carboxylic acids is 1. The number of aromatic nitrogens is 1. The van der Waals surface area contributed by atoms with Crippen LogP contribution in [0.15, 0.2) is 6.07 Å². The summed E-state index contributed by atoms with van der Waals surface area (Å²) >= 11 is 0. The summed E-state index contributed by atoms with van der Waals surface area (Å²) in [5.74, 6) is -1.11. The molecule has 0 bridgehead atoms. The van der Waals surface area contributed by atoms with Gasteiger partial charge in [0.15, 0.2) is 0 Å². The number of urea groups is 1. The zero-order chi connectivity index (χ0) is 15.0. The van der Waals surface area contributed by atoms with Gasteiger partial charge in [-0.05, 0) is 19.4 Å². The van der Waals surface area contributed by atoms with E-state index in [1.165, 1.54) is 0 Å². The fourth-order valence-corrected chi connectivity index (χ4v) is 1.61. The van der Waals surface area contributed by atoms with Crippen molar-refractivity contribution < 1.29 is 19.4 Å². The summed E-state index contributed by atoms with van der Waals surface area (Å²) < 4.78 is 5.30. The molecular weight excluding hydrogens is 262 g/mol. The normalized spacial score (nSPS) is 10.3. The molecule has 7 nitrogen and oxygen atoms in total. The second-order valence-electron chi connectivity index (χ2n) is 4.39. The van der Waals surface area contributed by atoms with E-state index in [1.807, 2.05) is 0 Å². The molecule has 1 aromatic rings. The van der Waals surface area contributed by atoms with E-state index < -0.39 is 12.0 Å². The first kappa shape index (κ1) is 16.0. The van der Waals surface area contributed by atoms with Gasteiger partial charge in [0.1, 0.15) is 5.69 Å². The van der Waals surface area contributed by atoms with Crippen molar-refractivity contribution in [3.63, 3.8) is 0 Å². The lowest BCUT2D eigenvalue weighted by Crippen LogP contribution is -2.32. The summed E-state index contributed by atoms with van der Waals surface area (Å²) in [7, 11) is 0. The quantitative estimate of drug-likeness (QED) is 0.547. The van der Waals surface area contributed by atoms with Gasteiger partial charge in [0.25, 0.3) is 0 Å². The number of aromatic amines is 1. The zero-order valence-electron chi connectivity index (χ0n) is 11.8. The van der Waals surface area contributed by atoms with Crippen molar-refractivity contribution in [2.24, 2.45) is 0 Å². The van der Waals surface area contributed by atoms with Crippen molar-refractivity contribution in [2.75, 3.05) is 25.1 Å². The third kappa shape index (κ3) is 5.31. The number of H-pyrrole nitrogens is 1. The number of aromatic carboxylic acids is 1. The summed E-state index contributed by atoms with van der Waals surface area (Å²) in [5, 5.41) is 14.1. The molecule has 0 spiro atoms. The minimum atomic E-state index is -1.11. The van der Waals surface area contributed by atoms with Gasteiger partial charge < -0.3 is 25.5 Å². The van der Waals surface area contributed by atoms with Gasteiger partial charge in [0, 0.05) is 18.8 Å². The molecule has 1 rings (SSSR count). The Kier molecular flexibility index (Phi) is 6.58. The van der Waals surface area contributed by atoms with Gasteiger partial charge in [0.2, 0.25) is 0 Å². The van der Waals surface area contributed by atoms with E-state index in [9.17, 15) is 9.59 Å². The van der Waals surface area contributed by atoms with Crippen LogP contribution in [0.4, 0.5) is 10.5 Å². The van der Waals surface area contributed by atoms with Gasteiger partial charge >= 0.3 is 12.0 Å². The maximum Gasteiger partial charge on any atom is 0.354 e. The molecule has 0 atom stereocenters. The fourth-order valence-electron chi connectivity index (χ4n) is 1.61. The Morgan fingerprint density at radius 3 is 2.80 bits per heavy atom. The van der Waals surface area contributed by atoms with Crippen LogP contribution in [0.25, 0.3) is 0 Å². The monoisotopic (exact) mass is 283 g/mol. The number of hydrogen-bond acceptors (Lipinski definition) is 3. The van der Waals surface area contributed by atoms with Crippen molar-refractivity contribution in [1.82, 2.24) is 10.3 Å². The van der Waals surface area contributed by atoms with E-state index >= 15 is 0 Å². The van der Waals surface area contributed by atoms with Crippen LogP contribution in [-0.4, -0.2) is 41.8 Å². The predicted molar refractivity (Wildman–Crippen MR) is 75.2 cm³/mol. The molecule has 0 aliphatic carbocycles. The van der Waals surface area contributed by atoms with Crippen LogP contribution >= 0.6 is 0 Å². The number of carboxylic acids is 1. The van der Waals surface area contributed by atoms with Gasteiger partial charge in [-0.25, -0.2) is 9.59 Å². The zero-order valence-corrected chi connectivity index (χ0v) is 11.8. The number of unbranched alkanes of at least 4 members (excludes halogenated alkanes) is 1. The van der Waals surface area contributed by atoms with Crippen molar-refractivity contribution in [1.29, 1.82) is 0 Å². The van der Waals surface area contributed by atoms with Gasteiger partial charge in [-0.3, -0.25) is 0 Å². The number of carbonyl (C=O) groups is 2. The topological polar surface area (TPSA) is 103 Å². The van der Waals surface area contributed by atoms with Crippen LogP contribution in [0.1, 0.15) is 35.9 Å². The van der Waals surface area contributed by atoms with E-state index in [1.54, 1.807) is 13.0 Å². The maximum atomic E-state index is 11.6. The average molecular weight is 283 g/mol. The lowest BCUT2D eigenvalue weighted by atomic mass is 10.3. The molecule has 0 fully saturated rings. The molecule has 7 heteroatoms. The van der Waals surface area contributed by atoms with Crippen LogP contribution < -0.4 is 10.6 Å². The Hall–Kier alpha value is -2.02. The van der Waals surface area contributed by atoms with Crippen LogP contribution in [0.3, 0.4) is 0 Å². The number of aryl methyl sites for hydroxylation is 1. The number of hydrogen-bond donors (Lipinski definition) is 4. The predicted octanol–water partition coefficient (Wildman–Crippen LogP) is 1.96. The Labute approximate surface area is 117 Å². The first-order valence-corrected chi connectivity index (χ1v) is 6.60. The van der Waals surface area contributed by atoms with E-state index in [2.05, 4.69) is 22.5 Å². The van der Waals surface area contributed by atoms with Gasteiger partial charge in [-0.2, -0.15) is 0 Å². The van der Waals surface area contributed by atoms with Gasteiger partial charge in [-0.15, -0.1) is 0 Å². The standard InChI is InChI=1S/C13H21N3O4/c1-3-4-6-20-7-5-14-13(19)16-10-8-9(2)15-11(10)12(17)18/h8,15H,3-7H2,1-2H3,(H,17,18)(H2,14,16,19). The smallest absolute Gasteiger partial charge is 0.354 e. The summed E-state index contributed by atoms with van der Waals surface area (Å²) in [5.41, 5.74) is 0.886. The van der Waals surface area contributed by atoms with Gasteiger partial charge in [-0.1, -0.05) is 13.3 Å². The van der Waals surface area contributed by atoms with E-state index in [4.69, 9.17) is 9.84 Å². The Morgan fingerprint density at radius 1 is 1.40 bits per heavy atom. The highest BCUT2D eigenvalue weighted by molar-refractivity contribution is 5.99. The number of nitrogens with one attached hydrogen (secondary N) is 3. The SMILES string of the molecule is CCCCOCCNC(=O)Nc1cc(C)[nH]c1C(=O)O. The van der Waals surface area contributed by atoms with Crippen LogP contribution in [0.5, 0.6) is 0 Å². The Morgan fingerprint density at radius 2 is 2.15 bits per heavy atom. The molecule has 0 aliphatic rings. The molecule has 0 aromatic carbocycles. The molecule has 1 aromatic heterocycles. The highest BCUT2D eigenvalue weighted by Gasteiger charge is 2.14. The van der Waals surface area contributed by atoms with Crippen molar-refractivity contribution in [3.8, 4) is 0 Å². The first-order chi connectivity index (χ1) is 9.54. The highest BCUT2D eigenvalue weighted by Crippen LogP contribution is 2.16. The van der Waals surface area contributed by atoms with Crippen molar-refractivity contribution in [2.45, 2.75) is 26.7 Å². The van der Waals surface area contributed by atoms with Crippen LogP contribution in [0.2, 0.25) is 0 Å². The van der Waals surface area contributed by atoms with E-state index in [-0.39, 0.29) is 11.4 Å². The summed E-state index contributed by atoms with van der Waals surface area (Å²) in [4.78, 5) is 25.2. The Balaban J connectivity index is 2.34. The number of amides is 2. The van der Waals surface area contributed by atoms with E-state index in [0.29, 0.717) is 25.5 Å². The summed E-state index contributed by atoms with van der Waals surface area (Å²) in [6, 6.07) is 1.12. The average Bonchev–Trinajstić information content (AvgIpc) is 2.74. The third-order valence-corrected chi connectivity index (χ3v) is 2.59. The third-order valence-electron chi connectivity index (χ3n) is 2.59. The summed E-state index contributed by atoms with van der Waals surface area (Å²) in [6.07, 6.45) is 2.06. The molecule has 0 unspecified atom stereocenters. The molecule has 20 heavy (non-hydrogen) atoms. The molecule has 0 radical (unpaired) electrons. The maximum absolute atomic E-state index is 11.6. The second-order valence-corrected chi connectivity index (χ2v) is 4.39. The van der Waals surface area contributed by atoms with E-state index in [0.717, 1.165) is 12.8 Å². The lowest BCUT2D eigenvalue weighted by molar-refractivity contribution is 0.0692. The molecule has 0 saturated heterocycles. The number of anilines is 1. The lowest BCUT2D eigenvalue weighted by Gasteiger charge is -2.07. The molecular formula is C13H21N3O4. The molecule has 1 heterocycles. The first-order valence-electron chi connectivity index (χ1n) is 6.60. The molecule has 0 aliphatic heterocycles. The molecule has 0 saturated carbocycles. The van der Waals surface area contributed by atoms with Gasteiger partial charge in [0.05, 0.1) is 12.3 Å². The summed E-state index contributed by atoms with van der Waals surface area (Å²) in [6.45, 7) is 5.29. The van der Waals surface area contributed by atoms with Crippen molar-refractivity contribution >= 4 is 17.7 Å². The number of ether oxygens (including phenoxy) is 1.